The molecule has 0 unspecified atom stereocenters. The number of pyridine rings is 2. The highest BCUT2D eigenvalue weighted by molar-refractivity contribution is 5.50. The summed E-state index contributed by atoms with van der Waals surface area (Å²) < 4.78 is 4.36. The topological polar surface area (TPSA) is 23.0 Å². The maximum atomic E-state index is 3.29. The fourth-order valence-corrected chi connectivity index (χ4v) is 2.63. The highest BCUT2D eigenvalue weighted by Gasteiger charge is 2.27. The maximum absolute atomic E-state index is 3.29. The number of rotatable bonds is 2. The molecule has 0 amide bonds. The molecule has 3 heterocycles. The molecule has 102 valence electrons. The third-order valence-electron chi connectivity index (χ3n) is 3.78. The van der Waals surface area contributed by atoms with Gasteiger partial charge in [0, 0.05) is 24.4 Å². The average Bonchev–Trinajstić information content (AvgIpc) is 2.86. The minimum absolute atomic E-state index is 0.279. The Morgan fingerprint density at radius 3 is 2.55 bits per heavy atom. The van der Waals surface area contributed by atoms with Crippen molar-refractivity contribution in [1.29, 1.82) is 0 Å². The largest absolute Gasteiger partial charge is 0.350 e. The molecular weight excluding hydrogens is 248 g/mol. The van der Waals surface area contributed by atoms with E-state index in [4.69, 9.17) is 0 Å². The van der Waals surface area contributed by atoms with Crippen LogP contribution < -0.4 is 19.4 Å². The molecule has 2 aromatic heterocycles. The van der Waals surface area contributed by atoms with Crippen LogP contribution >= 0.6 is 0 Å². The predicted molar refractivity (Wildman–Crippen MR) is 78.4 cm³/mol. The minimum atomic E-state index is 0.279. The van der Waals surface area contributed by atoms with Gasteiger partial charge in [0.15, 0.2) is 18.1 Å². The molecular formula is C16H20N4+2. The Morgan fingerprint density at radius 2 is 1.85 bits per heavy atom. The van der Waals surface area contributed by atoms with E-state index in [1.54, 1.807) is 0 Å². The van der Waals surface area contributed by atoms with Crippen LogP contribution in [0, 0.1) is 0 Å². The maximum Gasteiger partial charge on any atom is 0.283 e. The van der Waals surface area contributed by atoms with Crippen LogP contribution in [-0.4, -0.2) is 6.17 Å². The van der Waals surface area contributed by atoms with Crippen LogP contribution in [-0.2, 0) is 14.1 Å². The van der Waals surface area contributed by atoms with Crippen LogP contribution in [0.15, 0.2) is 55.0 Å². The molecule has 4 heteroatoms. The van der Waals surface area contributed by atoms with Gasteiger partial charge in [-0.3, -0.25) is 0 Å². The molecule has 0 bridgehead atoms. The number of hydrogen-bond acceptors (Lipinski definition) is 2. The van der Waals surface area contributed by atoms with Gasteiger partial charge >= 0.3 is 0 Å². The molecule has 0 aliphatic carbocycles. The summed E-state index contributed by atoms with van der Waals surface area (Å²) in [6.07, 6.45) is 6.41. The number of nitrogens with one attached hydrogen (secondary N) is 1. The normalized spacial score (nSPS) is 17.4. The van der Waals surface area contributed by atoms with Gasteiger partial charge in [0.05, 0.1) is 7.05 Å². The third kappa shape index (κ3) is 2.03. The number of anilines is 1. The Labute approximate surface area is 119 Å². The zero-order valence-electron chi connectivity index (χ0n) is 12.1. The zero-order chi connectivity index (χ0) is 14.1. The molecule has 1 atom stereocenters. The fraction of sp³-hybridized carbons (Fsp3) is 0.250. The van der Waals surface area contributed by atoms with Crippen molar-refractivity contribution < 1.29 is 9.13 Å². The second-order valence-electron chi connectivity index (χ2n) is 5.09. The van der Waals surface area contributed by atoms with E-state index in [9.17, 15) is 0 Å². The molecule has 1 N–H and O–H groups in total. The zero-order valence-corrected chi connectivity index (χ0v) is 12.1. The SMILES string of the molecule is C[C@@H]1NC=CN1c1cccc(-c2cccc[n+]2C)[n+]1C. The van der Waals surface area contributed by atoms with Crippen LogP contribution in [0.1, 0.15) is 6.92 Å². The summed E-state index contributed by atoms with van der Waals surface area (Å²) in [6.45, 7) is 2.15. The van der Waals surface area contributed by atoms with Gasteiger partial charge in [-0.2, -0.15) is 4.57 Å². The van der Waals surface area contributed by atoms with Gasteiger partial charge in [0.1, 0.15) is 13.2 Å². The summed E-state index contributed by atoms with van der Waals surface area (Å²) in [5.41, 5.74) is 2.39. The first-order valence-electron chi connectivity index (χ1n) is 6.83. The van der Waals surface area contributed by atoms with Crippen LogP contribution in [0.4, 0.5) is 5.82 Å². The Balaban J connectivity index is 2.11. The highest BCUT2D eigenvalue weighted by atomic mass is 15.3. The van der Waals surface area contributed by atoms with E-state index < -0.39 is 0 Å². The van der Waals surface area contributed by atoms with Gasteiger partial charge in [-0.25, -0.2) is 9.47 Å². The molecule has 20 heavy (non-hydrogen) atoms. The molecule has 1 aliphatic rings. The molecule has 0 spiro atoms. The number of aryl methyl sites for hydroxylation is 1. The Hall–Kier alpha value is -2.36. The smallest absolute Gasteiger partial charge is 0.283 e. The first-order valence-corrected chi connectivity index (χ1v) is 6.83. The Kier molecular flexibility index (Phi) is 3.14. The summed E-state index contributed by atoms with van der Waals surface area (Å²) in [5, 5.41) is 3.29. The average molecular weight is 268 g/mol. The molecule has 0 fully saturated rings. The second kappa shape index (κ2) is 4.96. The van der Waals surface area contributed by atoms with Crippen LogP contribution in [0.2, 0.25) is 0 Å². The van der Waals surface area contributed by atoms with E-state index in [0.29, 0.717) is 0 Å². The van der Waals surface area contributed by atoms with E-state index in [0.717, 1.165) is 0 Å². The summed E-state index contributed by atoms with van der Waals surface area (Å²) in [4.78, 5) is 2.23. The van der Waals surface area contributed by atoms with Crippen LogP contribution in [0.25, 0.3) is 11.4 Å². The van der Waals surface area contributed by atoms with Crippen molar-refractivity contribution in [3.8, 4) is 11.4 Å². The lowest BCUT2D eigenvalue weighted by Crippen LogP contribution is -2.45. The van der Waals surface area contributed by atoms with Crippen LogP contribution in [0.5, 0.6) is 0 Å². The quantitative estimate of drug-likeness (QED) is 0.828. The van der Waals surface area contributed by atoms with Gasteiger partial charge < -0.3 is 5.32 Å². The van der Waals surface area contributed by atoms with Gasteiger partial charge in [-0.15, -0.1) is 0 Å². The minimum Gasteiger partial charge on any atom is -0.350 e. The van der Waals surface area contributed by atoms with Gasteiger partial charge in [0.2, 0.25) is 0 Å². The van der Waals surface area contributed by atoms with Gasteiger partial charge in [0.25, 0.3) is 11.5 Å². The molecule has 1 aliphatic heterocycles. The number of nitrogens with zero attached hydrogens (tertiary/aromatic N) is 3. The van der Waals surface area contributed by atoms with E-state index in [2.05, 4.69) is 83.1 Å². The molecule has 0 aromatic carbocycles. The van der Waals surface area contributed by atoms with Crippen molar-refractivity contribution in [2.75, 3.05) is 4.90 Å². The Bertz CT molecular complexity index is 663. The first kappa shape index (κ1) is 12.7. The van der Waals surface area contributed by atoms with Crippen molar-refractivity contribution in [2.45, 2.75) is 13.1 Å². The lowest BCUT2D eigenvalue weighted by atomic mass is 10.2. The van der Waals surface area contributed by atoms with Crippen LogP contribution in [0.3, 0.4) is 0 Å². The lowest BCUT2D eigenvalue weighted by molar-refractivity contribution is -0.684. The van der Waals surface area contributed by atoms with Crippen molar-refractivity contribution >= 4 is 5.82 Å². The van der Waals surface area contributed by atoms with Crippen molar-refractivity contribution in [3.63, 3.8) is 0 Å². The summed E-state index contributed by atoms with van der Waals surface area (Å²) in [6, 6.07) is 12.7. The highest BCUT2D eigenvalue weighted by Crippen LogP contribution is 2.18. The summed E-state index contributed by atoms with van der Waals surface area (Å²) >= 11 is 0. The van der Waals surface area contributed by atoms with Crippen molar-refractivity contribution in [3.05, 3.63) is 55.0 Å². The standard InChI is InChI=1S/C16H19N4/c1-13-17-10-12-20(13)16-9-6-8-15(19(16)3)14-7-4-5-11-18(14)2/h4-13H,1-3H3/q+1/p+1/t13-/m1/s1. The molecule has 4 nitrogen and oxygen atoms in total. The Morgan fingerprint density at radius 1 is 1.05 bits per heavy atom. The molecule has 0 saturated heterocycles. The van der Waals surface area contributed by atoms with Crippen molar-refractivity contribution in [1.82, 2.24) is 5.32 Å². The summed E-state index contributed by atoms with van der Waals surface area (Å²) in [5.74, 6) is 1.17. The monoisotopic (exact) mass is 268 g/mol. The molecule has 3 rings (SSSR count). The number of aromatic nitrogens is 2. The van der Waals surface area contributed by atoms with Gasteiger partial charge in [-0.05, 0) is 25.1 Å². The molecule has 0 saturated carbocycles. The van der Waals surface area contributed by atoms with E-state index in [1.165, 1.54) is 17.2 Å². The van der Waals surface area contributed by atoms with E-state index >= 15 is 0 Å². The summed E-state index contributed by atoms with van der Waals surface area (Å²) in [7, 11) is 4.18. The fourth-order valence-electron chi connectivity index (χ4n) is 2.63. The van der Waals surface area contributed by atoms with E-state index in [1.807, 2.05) is 12.3 Å². The second-order valence-corrected chi connectivity index (χ2v) is 5.09. The predicted octanol–water partition coefficient (Wildman–Crippen LogP) is 1.23. The van der Waals surface area contributed by atoms with Crippen molar-refractivity contribution in [2.24, 2.45) is 14.1 Å². The van der Waals surface area contributed by atoms with Gasteiger partial charge in [-0.1, -0.05) is 0 Å². The molecule has 0 radical (unpaired) electrons. The van der Waals surface area contributed by atoms with E-state index in [-0.39, 0.29) is 6.17 Å². The number of hydrogen-bond donors (Lipinski definition) is 1. The third-order valence-corrected chi connectivity index (χ3v) is 3.78. The lowest BCUT2D eigenvalue weighted by Gasteiger charge is -2.16. The first-order chi connectivity index (χ1) is 9.68. The molecule has 2 aromatic rings.